The fraction of sp³-hybridized carbons (Fsp3) is 0.692. The minimum Gasteiger partial charge on any atom is -0.373 e. The highest BCUT2D eigenvalue weighted by atomic mass is 16.5. The van der Waals surface area contributed by atoms with E-state index in [2.05, 4.69) is 17.2 Å². The first-order valence-electron chi connectivity index (χ1n) is 6.63. The molecule has 2 aliphatic rings. The highest BCUT2D eigenvalue weighted by Crippen LogP contribution is 2.33. The van der Waals surface area contributed by atoms with Crippen LogP contribution < -0.4 is 10.9 Å². The Balaban J connectivity index is 1.72. The number of hydrogen-bond acceptors (Lipinski definition) is 4. The molecule has 1 saturated carbocycles. The van der Waals surface area contributed by atoms with Gasteiger partial charge in [-0.1, -0.05) is 0 Å². The first kappa shape index (κ1) is 11.7. The standard InChI is InChI=1S/C13H19N3O2/c1-13(5-2-8-18-13)9-15-11-12(17)16(7-6-14-11)10-3-4-10/h6-7,10H,2-5,8-9H2,1H3,(H,14,15). The van der Waals surface area contributed by atoms with E-state index in [0.29, 0.717) is 18.4 Å². The maximum atomic E-state index is 12.2. The number of nitrogens with zero attached hydrogens (tertiary/aromatic N) is 2. The van der Waals surface area contributed by atoms with Crippen LogP contribution in [0.3, 0.4) is 0 Å². The minimum atomic E-state index is -0.158. The molecule has 1 aliphatic carbocycles. The van der Waals surface area contributed by atoms with Gasteiger partial charge in [0.2, 0.25) is 0 Å². The second kappa shape index (κ2) is 4.39. The van der Waals surface area contributed by atoms with E-state index in [1.807, 2.05) is 0 Å². The van der Waals surface area contributed by atoms with Crippen LogP contribution in [0.5, 0.6) is 0 Å². The third kappa shape index (κ3) is 2.27. The van der Waals surface area contributed by atoms with E-state index in [1.165, 1.54) is 0 Å². The van der Waals surface area contributed by atoms with Crippen molar-refractivity contribution in [2.45, 2.75) is 44.2 Å². The van der Waals surface area contributed by atoms with Crippen LogP contribution in [0.2, 0.25) is 0 Å². The third-order valence-corrected chi connectivity index (χ3v) is 3.74. The molecule has 18 heavy (non-hydrogen) atoms. The molecule has 1 aliphatic heterocycles. The number of rotatable bonds is 4. The van der Waals surface area contributed by atoms with Gasteiger partial charge in [0.15, 0.2) is 5.82 Å². The Morgan fingerprint density at radius 2 is 2.44 bits per heavy atom. The van der Waals surface area contributed by atoms with Crippen molar-refractivity contribution in [2.75, 3.05) is 18.5 Å². The second-order valence-corrected chi connectivity index (χ2v) is 5.47. The normalized spacial score (nSPS) is 27.4. The molecule has 98 valence electrons. The average molecular weight is 249 g/mol. The Bertz CT molecular complexity index is 487. The van der Waals surface area contributed by atoms with E-state index in [1.54, 1.807) is 17.0 Å². The van der Waals surface area contributed by atoms with E-state index >= 15 is 0 Å². The van der Waals surface area contributed by atoms with Gasteiger partial charge in [-0.05, 0) is 32.6 Å². The van der Waals surface area contributed by atoms with Gasteiger partial charge in [0.05, 0.1) is 5.60 Å². The third-order valence-electron chi connectivity index (χ3n) is 3.74. The van der Waals surface area contributed by atoms with Crippen LogP contribution >= 0.6 is 0 Å². The Kier molecular flexibility index (Phi) is 2.86. The molecule has 5 nitrogen and oxygen atoms in total. The molecule has 0 amide bonds. The summed E-state index contributed by atoms with van der Waals surface area (Å²) >= 11 is 0. The number of aromatic nitrogens is 2. The first-order valence-corrected chi connectivity index (χ1v) is 6.63. The van der Waals surface area contributed by atoms with Gasteiger partial charge in [-0.3, -0.25) is 4.79 Å². The zero-order valence-electron chi connectivity index (χ0n) is 10.7. The molecular formula is C13H19N3O2. The van der Waals surface area contributed by atoms with Gasteiger partial charge in [-0.2, -0.15) is 0 Å². The van der Waals surface area contributed by atoms with Crippen LogP contribution in [0.25, 0.3) is 0 Å². The minimum absolute atomic E-state index is 0.0124. The molecule has 1 aromatic rings. The van der Waals surface area contributed by atoms with Crippen molar-refractivity contribution in [3.05, 3.63) is 22.7 Å². The predicted octanol–water partition coefficient (Wildman–Crippen LogP) is 1.56. The quantitative estimate of drug-likeness (QED) is 0.879. The summed E-state index contributed by atoms with van der Waals surface area (Å²) in [5, 5.41) is 3.15. The lowest BCUT2D eigenvalue weighted by atomic mass is 10.0. The lowest BCUT2D eigenvalue weighted by Crippen LogP contribution is -2.35. The molecule has 2 fully saturated rings. The van der Waals surface area contributed by atoms with Crippen LogP contribution in [0.1, 0.15) is 38.6 Å². The van der Waals surface area contributed by atoms with Gasteiger partial charge in [0.25, 0.3) is 5.56 Å². The first-order chi connectivity index (χ1) is 8.68. The van der Waals surface area contributed by atoms with Gasteiger partial charge in [-0.15, -0.1) is 0 Å². The number of anilines is 1. The molecule has 1 atom stereocenters. The van der Waals surface area contributed by atoms with Crippen molar-refractivity contribution in [1.29, 1.82) is 0 Å². The maximum Gasteiger partial charge on any atom is 0.293 e. The molecule has 1 unspecified atom stereocenters. The Hall–Kier alpha value is -1.36. The molecular weight excluding hydrogens is 230 g/mol. The van der Waals surface area contributed by atoms with Crippen LogP contribution in [-0.4, -0.2) is 28.3 Å². The summed E-state index contributed by atoms with van der Waals surface area (Å²) in [6.07, 6.45) is 7.80. The lowest BCUT2D eigenvalue weighted by Gasteiger charge is -2.23. The highest BCUT2D eigenvalue weighted by molar-refractivity contribution is 5.32. The highest BCUT2D eigenvalue weighted by Gasteiger charge is 2.30. The Morgan fingerprint density at radius 3 is 3.11 bits per heavy atom. The molecule has 0 spiro atoms. The van der Waals surface area contributed by atoms with E-state index in [-0.39, 0.29) is 11.2 Å². The fourth-order valence-electron chi connectivity index (χ4n) is 2.43. The number of hydrogen-bond donors (Lipinski definition) is 1. The summed E-state index contributed by atoms with van der Waals surface area (Å²) in [4.78, 5) is 16.3. The molecule has 0 aromatic carbocycles. The Labute approximate surface area is 106 Å². The smallest absolute Gasteiger partial charge is 0.293 e. The van der Waals surface area contributed by atoms with Crippen LogP contribution in [0.15, 0.2) is 17.2 Å². The molecule has 1 N–H and O–H groups in total. The molecule has 1 saturated heterocycles. The number of ether oxygens (including phenoxy) is 1. The molecule has 1 aromatic heterocycles. The van der Waals surface area contributed by atoms with Crippen molar-refractivity contribution in [1.82, 2.24) is 9.55 Å². The van der Waals surface area contributed by atoms with Gasteiger partial charge in [0.1, 0.15) is 0 Å². The van der Waals surface area contributed by atoms with Gasteiger partial charge in [-0.25, -0.2) is 4.98 Å². The lowest BCUT2D eigenvalue weighted by molar-refractivity contribution is 0.0314. The van der Waals surface area contributed by atoms with Gasteiger partial charge >= 0.3 is 0 Å². The van der Waals surface area contributed by atoms with E-state index < -0.39 is 0 Å². The summed E-state index contributed by atoms with van der Waals surface area (Å²) in [6.45, 7) is 3.53. The van der Waals surface area contributed by atoms with Crippen molar-refractivity contribution in [3.8, 4) is 0 Å². The predicted molar refractivity (Wildman–Crippen MR) is 68.8 cm³/mol. The van der Waals surface area contributed by atoms with Gasteiger partial charge < -0.3 is 14.6 Å². The zero-order chi connectivity index (χ0) is 12.6. The van der Waals surface area contributed by atoms with E-state index in [4.69, 9.17) is 4.74 Å². The van der Waals surface area contributed by atoms with Crippen LogP contribution in [-0.2, 0) is 4.74 Å². The maximum absolute atomic E-state index is 12.2. The SMILES string of the molecule is CC1(CNc2nccn(C3CC3)c2=O)CCCO1. The zero-order valence-corrected chi connectivity index (χ0v) is 10.7. The van der Waals surface area contributed by atoms with Crippen LogP contribution in [0, 0.1) is 0 Å². The molecule has 0 radical (unpaired) electrons. The van der Waals surface area contributed by atoms with Crippen molar-refractivity contribution in [2.24, 2.45) is 0 Å². The summed E-state index contributed by atoms with van der Waals surface area (Å²) < 4.78 is 7.48. The van der Waals surface area contributed by atoms with Crippen molar-refractivity contribution in [3.63, 3.8) is 0 Å². The molecule has 0 bridgehead atoms. The van der Waals surface area contributed by atoms with E-state index in [9.17, 15) is 4.79 Å². The van der Waals surface area contributed by atoms with Crippen molar-refractivity contribution < 1.29 is 4.74 Å². The average Bonchev–Trinajstić information content (AvgIpc) is 3.11. The summed E-state index contributed by atoms with van der Waals surface area (Å²) in [7, 11) is 0. The summed E-state index contributed by atoms with van der Waals surface area (Å²) in [5.74, 6) is 0.445. The monoisotopic (exact) mass is 249 g/mol. The molecule has 2 heterocycles. The summed E-state index contributed by atoms with van der Waals surface area (Å²) in [5.41, 5.74) is -0.171. The van der Waals surface area contributed by atoms with E-state index in [0.717, 1.165) is 32.3 Å². The van der Waals surface area contributed by atoms with Gasteiger partial charge in [0, 0.05) is 31.6 Å². The number of nitrogens with one attached hydrogen (secondary N) is 1. The second-order valence-electron chi connectivity index (χ2n) is 5.47. The van der Waals surface area contributed by atoms with Crippen molar-refractivity contribution >= 4 is 5.82 Å². The Morgan fingerprint density at radius 1 is 1.61 bits per heavy atom. The summed E-state index contributed by atoms with van der Waals surface area (Å²) in [6, 6.07) is 0.388. The topological polar surface area (TPSA) is 56.2 Å². The fourth-order valence-corrected chi connectivity index (χ4v) is 2.43. The van der Waals surface area contributed by atoms with Crippen LogP contribution in [0.4, 0.5) is 5.82 Å². The molecule has 3 rings (SSSR count). The molecule has 5 heteroatoms. The largest absolute Gasteiger partial charge is 0.373 e.